The average molecular weight is 218 g/mol. The van der Waals surface area contributed by atoms with E-state index in [9.17, 15) is 0 Å². The molecule has 0 aromatic carbocycles. The third-order valence-electron chi connectivity index (χ3n) is 3.75. The van der Waals surface area contributed by atoms with Gasteiger partial charge in [0.25, 0.3) is 0 Å². The SMILES string of the molecule is CC(N[C@H](C)c1ccccn1)C1CCCC1. The summed E-state index contributed by atoms with van der Waals surface area (Å²) in [6.45, 7) is 4.52. The largest absolute Gasteiger partial charge is 0.306 e. The summed E-state index contributed by atoms with van der Waals surface area (Å²) in [4.78, 5) is 4.40. The van der Waals surface area contributed by atoms with Crippen LogP contribution in [0.2, 0.25) is 0 Å². The van der Waals surface area contributed by atoms with Gasteiger partial charge in [-0.15, -0.1) is 0 Å². The molecule has 1 unspecified atom stereocenters. The first-order valence-electron chi connectivity index (χ1n) is 6.44. The fourth-order valence-corrected chi connectivity index (χ4v) is 2.71. The summed E-state index contributed by atoms with van der Waals surface area (Å²) >= 11 is 0. The van der Waals surface area contributed by atoms with E-state index in [1.165, 1.54) is 25.7 Å². The van der Waals surface area contributed by atoms with Crippen molar-refractivity contribution in [1.82, 2.24) is 10.3 Å². The first-order valence-corrected chi connectivity index (χ1v) is 6.44. The highest BCUT2D eigenvalue weighted by Gasteiger charge is 2.22. The summed E-state index contributed by atoms with van der Waals surface area (Å²) in [6.07, 6.45) is 7.48. The summed E-state index contributed by atoms with van der Waals surface area (Å²) in [6, 6.07) is 7.09. The van der Waals surface area contributed by atoms with Gasteiger partial charge < -0.3 is 5.32 Å². The van der Waals surface area contributed by atoms with Crippen LogP contribution < -0.4 is 5.32 Å². The molecule has 1 N–H and O–H groups in total. The molecule has 0 amide bonds. The maximum absolute atomic E-state index is 4.40. The highest BCUT2D eigenvalue weighted by molar-refractivity contribution is 5.07. The Kier molecular flexibility index (Phi) is 3.94. The summed E-state index contributed by atoms with van der Waals surface area (Å²) in [5.74, 6) is 0.867. The lowest BCUT2D eigenvalue weighted by molar-refractivity contribution is 0.350. The fraction of sp³-hybridized carbons (Fsp3) is 0.643. The molecule has 1 aliphatic carbocycles. The van der Waals surface area contributed by atoms with E-state index < -0.39 is 0 Å². The topological polar surface area (TPSA) is 24.9 Å². The molecular formula is C14H22N2. The third kappa shape index (κ3) is 2.82. The van der Waals surface area contributed by atoms with Crippen LogP contribution in [-0.2, 0) is 0 Å². The van der Waals surface area contributed by atoms with E-state index in [4.69, 9.17) is 0 Å². The maximum atomic E-state index is 4.40. The highest BCUT2D eigenvalue weighted by Crippen LogP contribution is 2.28. The summed E-state index contributed by atoms with van der Waals surface area (Å²) in [7, 11) is 0. The van der Waals surface area contributed by atoms with Crippen LogP contribution in [0.25, 0.3) is 0 Å². The second-order valence-corrected chi connectivity index (χ2v) is 4.98. The van der Waals surface area contributed by atoms with Crippen molar-refractivity contribution in [3.05, 3.63) is 30.1 Å². The Balaban J connectivity index is 1.89. The smallest absolute Gasteiger partial charge is 0.0570 e. The van der Waals surface area contributed by atoms with Gasteiger partial charge in [-0.05, 0) is 44.7 Å². The zero-order valence-electron chi connectivity index (χ0n) is 10.3. The highest BCUT2D eigenvalue weighted by atomic mass is 15.0. The first kappa shape index (κ1) is 11.6. The fourth-order valence-electron chi connectivity index (χ4n) is 2.71. The number of nitrogens with zero attached hydrogens (tertiary/aromatic N) is 1. The summed E-state index contributed by atoms with van der Waals surface area (Å²) in [5.41, 5.74) is 1.15. The molecule has 1 saturated carbocycles. The predicted octanol–water partition coefficient (Wildman–Crippen LogP) is 3.31. The zero-order valence-corrected chi connectivity index (χ0v) is 10.3. The lowest BCUT2D eigenvalue weighted by atomic mass is 9.98. The standard InChI is InChI=1S/C14H22N2/c1-11(13-7-3-4-8-13)16-12(2)14-9-5-6-10-15-14/h5-6,9-13,16H,3-4,7-8H2,1-2H3/t11?,12-/m1/s1. The second-order valence-electron chi connectivity index (χ2n) is 4.98. The molecule has 2 nitrogen and oxygen atoms in total. The molecular weight excluding hydrogens is 196 g/mol. The van der Waals surface area contributed by atoms with E-state index in [1.807, 2.05) is 12.3 Å². The number of rotatable bonds is 4. The van der Waals surface area contributed by atoms with Crippen LogP contribution in [0.3, 0.4) is 0 Å². The molecule has 0 bridgehead atoms. The third-order valence-corrected chi connectivity index (χ3v) is 3.75. The van der Waals surface area contributed by atoms with Crippen LogP contribution >= 0.6 is 0 Å². The molecule has 1 heterocycles. The molecule has 16 heavy (non-hydrogen) atoms. The quantitative estimate of drug-likeness (QED) is 0.838. The lowest BCUT2D eigenvalue weighted by Crippen LogP contribution is -2.34. The summed E-state index contributed by atoms with van der Waals surface area (Å²) < 4.78 is 0. The van der Waals surface area contributed by atoms with Crippen molar-refractivity contribution in [2.24, 2.45) is 5.92 Å². The monoisotopic (exact) mass is 218 g/mol. The Morgan fingerprint density at radius 3 is 2.62 bits per heavy atom. The van der Waals surface area contributed by atoms with E-state index in [-0.39, 0.29) is 0 Å². The van der Waals surface area contributed by atoms with E-state index >= 15 is 0 Å². The van der Waals surface area contributed by atoms with Crippen molar-refractivity contribution >= 4 is 0 Å². The molecule has 1 aromatic heterocycles. The van der Waals surface area contributed by atoms with Crippen LogP contribution in [0.15, 0.2) is 24.4 Å². The van der Waals surface area contributed by atoms with Crippen molar-refractivity contribution in [1.29, 1.82) is 0 Å². The molecule has 0 radical (unpaired) electrons. The summed E-state index contributed by atoms with van der Waals surface area (Å²) in [5, 5.41) is 3.68. The Morgan fingerprint density at radius 1 is 1.25 bits per heavy atom. The van der Waals surface area contributed by atoms with Gasteiger partial charge in [-0.2, -0.15) is 0 Å². The molecule has 2 atom stereocenters. The molecule has 2 rings (SSSR count). The van der Waals surface area contributed by atoms with Crippen molar-refractivity contribution in [3.63, 3.8) is 0 Å². The zero-order chi connectivity index (χ0) is 11.4. The molecule has 1 aromatic rings. The molecule has 1 fully saturated rings. The molecule has 2 heteroatoms. The number of hydrogen-bond donors (Lipinski definition) is 1. The van der Waals surface area contributed by atoms with Gasteiger partial charge in [0.1, 0.15) is 0 Å². The number of pyridine rings is 1. The van der Waals surface area contributed by atoms with E-state index in [1.54, 1.807) is 0 Å². The van der Waals surface area contributed by atoms with Crippen molar-refractivity contribution in [3.8, 4) is 0 Å². The van der Waals surface area contributed by atoms with Crippen LogP contribution in [-0.4, -0.2) is 11.0 Å². The predicted molar refractivity (Wildman–Crippen MR) is 67.2 cm³/mol. The van der Waals surface area contributed by atoms with Crippen molar-refractivity contribution in [2.45, 2.75) is 51.6 Å². The molecule has 88 valence electrons. The van der Waals surface area contributed by atoms with Gasteiger partial charge in [-0.1, -0.05) is 18.9 Å². The van der Waals surface area contributed by atoms with Gasteiger partial charge in [-0.3, -0.25) is 4.98 Å². The van der Waals surface area contributed by atoms with Crippen molar-refractivity contribution < 1.29 is 0 Å². The average Bonchev–Trinajstić information content (AvgIpc) is 2.83. The number of hydrogen-bond acceptors (Lipinski definition) is 2. The van der Waals surface area contributed by atoms with E-state index in [2.05, 4.69) is 36.3 Å². The molecule has 0 saturated heterocycles. The normalized spacial score (nSPS) is 20.9. The van der Waals surface area contributed by atoms with Crippen LogP contribution in [0, 0.1) is 5.92 Å². The van der Waals surface area contributed by atoms with Gasteiger partial charge in [0.2, 0.25) is 0 Å². The van der Waals surface area contributed by atoms with Crippen molar-refractivity contribution in [2.75, 3.05) is 0 Å². The van der Waals surface area contributed by atoms with Gasteiger partial charge in [0, 0.05) is 18.3 Å². The second kappa shape index (κ2) is 5.44. The molecule has 1 aliphatic rings. The van der Waals surface area contributed by atoms with E-state index in [0.717, 1.165) is 11.6 Å². The van der Waals surface area contributed by atoms with Crippen LogP contribution in [0.5, 0.6) is 0 Å². The Morgan fingerprint density at radius 2 is 2.00 bits per heavy atom. The molecule has 0 aliphatic heterocycles. The van der Waals surface area contributed by atoms with Gasteiger partial charge in [0.15, 0.2) is 0 Å². The number of aromatic nitrogens is 1. The Bertz CT molecular complexity index is 304. The minimum atomic E-state index is 0.358. The first-order chi connectivity index (χ1) is 7.77. The van der Waals surface area contributed by atoms with Crippen LogP contribution in [0.4, 0.5) is 0 Å². The van der Waals surface area contributed by atoms with Gasteiger partial charge >= 0.3 is 0 Å². The molecule has 0 spiro atoms. The Hall–Kier alpha value is -0.890. The maximum Gasteiger partial charge on any atom is 0.0570 e. The minimum Gasteiger partial charge on any atom is -0.306 e. The lowest BCUT2D eigenvalue weighted by Gasteiger charge is -2.24. The number of nitrogens with one attached hydrogen (secondary N) is 1. The Labute approximate surface area is 98.5 Å². The van der Waals surface area contributed by atoms with Crippen LogP contribution in [0.1, 0.15) is 51.3 Å². The van der Waals surface area contributed by atoms with Gasteiger partial charge in [-0.25, -0.2) is 0 Å². The van der Waals surface area contributed by atoms with Gasteiger partial charge in [0.05, 0.1) is 5.69 Å². The van der Waals surface area contributed by atoms with E-state index in [0.29, 0.717) is 12.1 Å². The minimum absolute atomic E-state index is 0.358.